The predicted molar refractivity (Wildman–Crippen MR) is 79.1 cm³/mol. The molecule has 1 aromatic rings. The lowest BCUT2D eigenvalue weighted by Gasteiger charge is -2.20. The number of benzene rings is 1. The van der Waals surface area contributed by atoms with E-state index in [-0.39, 0.29) is 5.91 Å². The Hall–Kier alpha value is -1.55. The van der Waals surface area contributed by atoms with Gasteiger partial charge in [0.15, 0.2) is 0 Å². The molecule has 1 atom stereocenters. The Morgan fingerprint density at radius 3 is 3.25 bits per heavy atom. The van der Waals surface area contributed by atoms with Crippen LogP contribution in [0.2, 0.25) is 0 Å². The zero-order valence-electron chi connectivity index (χ0n) is 11.8. The summed E-state index contributed by atoms with van der Waals surface area (Å²) < 4.78 is 5.35. The number of ether oxygens (including phenoxy) is 1. The van der Waals surface area contributed by atoms with Crippen LogP contribution in [0.4, 0.5) is 5.69 Å². The summed E-state index contributed by atoms with van der Waals surface area (Å²) in [5.41, 5.74) is 3.12. The van der Waals surface area contributed by atoms with Gasteiger partial charge in [0, 0.05) is 37.6 Å². The van der Waals surface area contributed by atoms with Gasteiger partial charge in [-0.1, -0.05) is 6.07 Å². The van der Waals surface area contributed by atoms with Gasteiger partial charge in [0.05, 0.1) is 0 Å². The van der Waals surface area contributed by atoms with Gasteiger partial charge < -0.3 is 15.4 Å². The molecule has 2 N–H and O–H groups in total. The lowest BCUT2D eigenvalue weighted by atomic mass is 9.97. The highest BCUT2D eigenvalue weighted by atomic mass is 16.5. The van der Waals surface area contributed by atoms with Gasteiger partial charge in [-0.2, -0.15) is 0 Å². The smallest absolute Gasteiger partial charge is 0.251 e. The Labute approximate surface area is 119 Å². The maximum absolute atomic E-state index is 12.3. The summed E-state index contributed by atoms with van der Waals surface area (Å²) in [5, 5.41) is 6.42. The van der Waals surface area contributed by atoms with E-state index < -0.39 is 0 Å². The van der Waals surface area contributed by atoms with Crippen molar-refractivity contribution >= 4 is 11.6 Å². The molecule has 0 spiro atoms. The Morgan fingerprint density at radius 1 is 1.45 bits per heavy atom. The molecule has 3 rings (SSSR count). The van der Waals surface area contributed by atoms with Gasteiger partial charge in [-0.15, -0.1) is 0 Å². The van der Waals surface area contributed by atoms with E-state index in [1.165, 1.54) is 5.56 Å². The van der Waals surface area contributed by atoms with Crippen LogP contribution in [0.3, 0.4) is 0 Å². The Kier molecular flexibility index (Phi) is 4.21. The Bertz CT molecular complexity index is 481. The summed E-state index contributed by atoms with van der Waals surface area (Å²) >= 11 is 0. The number of nitrogens with one attached hydrogen (secondary N) is 2. The summed E-state index contributed by atoms with van der Waals surface area (Å²) in [5.74, 6) is 0.672. The van der Waals surface area contributed by atoms with E-state index in [2.05, 4.69) is 16.7 Å². The van der Waals surface area contributed by atoms with Crippen LogP contribution >= 0.6 is 0 Å². The second kappa shape index (κ2) is 6.27. The van der Waals surface area contributed by atoms with Crippen LogP contribution in [-0.4, -0.2) is 32.2 Å². The van der Waals surface area contributed by atoms with Crippen molar-refractivity contribution in [2.45, 2.75) is 25.7 Å². The molecule has 2 heterocycles. The number of rotatable bonds is 4. The first-order chi connectivity index (χ1) is 9.84. The van der Waals surface area contributed by atoms with E-state index in [4.69, 9.17) is 4.74 Å². The minimum absolute atomic E-state index is 0.0597. The van der Waals surface area contributed by atoms with Gasteiger partial charge in [0.25, 0.3) is 5.91 Å². The van der Waals surface area contributed by atoms with Crippen molar-refractivity contribution in [2.24, 2.45) is 5.92 Å². The van der Waals surface area contributed by atoms with Crippen molar-refractivity contribution in [3.8, 4) is 0 Å². The molecule has 0 bridgehead atoms. The third-order valence-electron chi connectivity index (χ3n) is 4.20. The molecule has 1 amide bonds. The zero-order valence-corrected chi connectivity index (χ0v) is 11.8. The van der Waals surface area contributed by atoms with Crippen LogP contribution in [0.5, 0.6) is 0 Å². The molecule has 108 valence electrons. The second-order valence-corrected chi connectivity index (χ2v) is 5.64. The summed E-state index contributed by atoms with van der Waals surface area (Å²) in [6.07, 6.45) is 4.22. The van der Waals surface area contributed by atoms with Gasteiger partial charge >= 0.3 is 0 Å². The maximum atomic E-state index is 12.3. The van der Waals surface area contributed by atoms with Gasteiger partial charge in [0.1, 0.15) is 0 Å². The number of amides is 1. The molecule has 4 nitrogen and oxygen atoms in total. The normalized spacial score (nSPS) is 21.1. The van der Waals surface area contributed by atoms with E-state index in [0.29, 0.717) is 5.92 Å². The molecule has 1 fully saturated rings. The SMILES string of the molecule is O=C(NCCC1CCOC1)c1cccc2c1CCCN2. The summed E-state index contributed by atoms with van der Waals surface area (Å²) in [6, 6.07) is 5.94. The average molecular weight is 274 g/mol. The summed E-state index contributed by atoms with van der Waals surface area (Å²) in [7, 11) is 0. The fourth-order valence-corrected chi connectivity index (χ4v) is 3.02. The van der Waals surface area contributed by atoms with Crippen molar-refractivity contribution in [2.75, 3.05) is 31.6 Å². The van der Waals surface area contributed by atoms with Crippen LogP contribution in [0.15, 0.2) is 18.2 Å². The molecule has 4 heteroatoms. The van der Waals surface area contributed by atoms with Crippen LogP contribution in [0, 0.1) is 5.92 Å². The zero-order chi connectivity index (χ0) is 13.8. The molecule has 1 aromatic carbocycles. The molecular formula is C16H22N2O2. The quantitative estimate of drug-likeness (QED) is 0.885. The van der Waals surface area contributed by atoms with Crippen molar-refractivity contribution in [3.05, 3.63) is 29.3 Å². The van der Waals surface area contributed by atoms with Gasteiger partial charge in [-0.3, -0.25) is 4.79 Å². The summed E-state index contributed by atoms with van der Waals surface area (Å²) in [6.45, 7) is 3.46. The fraction of sp³-hybridized carbons (Fsp3) is 0.562. The molecule has 2 aliphatic rings. The minimum Gasteiger partial charge on any atom is -0.385 e. The highest BCUT2D eigenvalue weighted by Crippen LogP contribution is 2.25. The molecule has 1 unspecified atom stereocenters. The summed E-state index contributed by atoms with van der Waals surface area (Å²) in [4.78, 5) is 12.3. The number of carbonyl (C=O) groups excluding carboxylic acids is 1. The van der Waals surface area contributed by atoms with Crippen LogP contribution in [-0.2, 0) is 11.2 Å². The van der Waals surface area contributed by atoms with Crippen LogP contribution in [0.1, 0.15) is 35.2 Å². The highest BCUT2D eigenvalue weighted by Gasteiger charge is 2.18. The predicted octanol–water partition coefficient (Wildman–Crippen LogP) is 2.20. The first kappa shape index (κ1) is 13.4. The second-order valence-electron chi connectivity index (χ2n) is 5.64. The van der Waals surface area contributed by atoms with E-state index in [1.807, 2.05) is 12.1 Å². The lowest BCUT2D eigenvalue weighted by molar-refractivity contribution is 0.0949. The fourth-order valence-electron chi connectivity index (χ4n) is 3.02. The highest BCUT2D eigenvalue weighted by molar-refractivity contribution is 5.97. The van der Waals surface area contributed by atoms with Crippen molar-refractivity contribution < 1.29 is 9.53 Å². The topological polar surface area (TPSA) is 50.4 Å². The first-order valence-electron chi connectivity index (χ1n) is 7.56. The first-order valence-corrected chi connectivity index (χ1v) is 7.56. The van der Waals surface area contributed by atoms with Gasteiger partial charge in [0.2, 0.25) is 0 Å². The molecule has 0 saturated carbocycles. The Morgan fingerprint density at radius 2 is 2.40 bits per heavy atom. The molecule has 20 heavy (non-hydrogen) atoms. The third kappa shape index (κ3) is 2.96. The largest absolute Gasteiger partial charge is 0.385 e. The number of anilines is 1. The van der Waals surface area contributed by atoms with E-state index >= 15 is 0 Å². The maximum Gasteiger partial charge on any atom is 0.251 e. The number of carbonyl (C=O) groups is 1. The van der Waals surface area contributed by atoms with Crippen molar-refractivity contribution in [3.63, 3.8) is 0 Å². The average Bonchev–Trinajstić information content (AvgIpc) is 3.00. The molecular weight excluding hydrogens is 252 g/mol. The number of fused-ring (bicyclic) bond motifs is 1. The monoisotopic (exact) mass is 274 g/mol. The minimum atomic E-state index is 0.0597. The van der Waals surface area contributed by atoms with E-state index in [0.717, 1.165) is 63.2 Å². The molecule has 2 aliphatic heterocycles. The number of hydrogen-bond donors (Lipinski definition) is 2. The molecule has 1 saturated heterocycles. The van der Waals surface area contributed by atoms with Crippen molar-refractivity contribution in [1.29, 1.82) is 0 Å². The van der Waals surface area contributed by atoms with Crippen LogP contribution < -0.4 is 10.6 Å². The van der Waals surface area contributed by atoms with Gasteiger partial charge in [-0.25, -0.2) is 0 Å². The molecule has 0 aliphatic carbocycles. The van der Waals surface area contributed by atoms with E-state index in [1.54, 1.807) is 0 Å². The lowest BCUT2D eigenvalue weighted by Crippen LogP contribution is -2.28. The Balaban J connectivity index is 1.59. The third-order valence-corrected chi connectivity index (χ3v) is 4.20. The van der Waals surface area contributed by atoms with Crippen molar-refractivity contribution in [1.82, 2.24) is 5.32 Å². The van der Waals surface area contributed by atoms with Crippen LogP contribution in [0.25, 0.3) is 0 Å². The molecule has 0 radical (unpaired) electrons. The van der Waals surface area contributed by atoms with Gasteiger partial charge in [-0.05, 0) is 49.3 Å². The number of hydrogen-bond acceptors (Lipinski definition) is 3. The standard InChI is InChI=1S/C16H22N2O2/c19-16(18-9-6-12-7-10-20-11-12)14-3-1-5-15-13(14)4-2-8-17-15/h1,3,5,12,17H,2,4,6-11H2,(H,18,19). The van der Waals surface area contributed by atoms with E-state index in [9.17, 15) is 4.79 Å². The molecule has 0 aromatic heterocycles.